The second kappa shape index (κ2) is 7.12. The Hall–Kier alpha value is -1.98. The van der Waals surface area contributed by atoms with E-state index in [-0.39, 0.29) is 23.7 Å². The quantitative estimate of drug-likeness (QED) is 0.806. The zero-order chi connectivity index (χ0) is 20.1. The number of likely N-dealkylation sites (tertiary alicyclic amines) is 1. The van der Waals surface area contributed by atoms with Crippen LogP contribution in [0.2, 0.25) is 0 Å². The highest BCUT2D eigenvalue weighted by Gasteiger charge is 2.52. The van der Waals surface area contributed by atoms with Gasteiger partial charge in [-0.3, -0.25) is 9.78 Å². The predicted molar refractivity (Wildman–Crippen MR) is 110 cm³/mol. The number of ether oxygens (including phenoxy) is 2. The fourth-order valence-electron chi connectivity index (χ4n) is 5.11. The molecule has 0 spiro atoms. The van der Waals surface area contributed by atoms with Gasteiger partial charge in [0.05, 0.1) is 28.8 Å². The van der Waals surface area contributed by atoms with Crippen LogP contribution in [0.3, 0.4) is 0 Å². The summed E-state index contributed by atoms with van der Waals surface area (Å²) < 4.78 is 11.6. The number of benzene rings is 1. The number of carbonyl (C=O) groups is 1. The summed E-state index contributed by atoms with van der Waals surface area (Å²) in [6.45, 7) is 6.85. The van der Waals surface area contributed by atoms with Crippen molar-refractivity contribution in [1.82, 2.24) is 9.88 Å². The average molecular weight is 383 g/mol. The van der Waals surface area contributed by atoms with E-state index in [9.17, 15) is 4.79 Å². The molecule has 5 heteroatoms. The largest absolute Gasteiger partial charge is 0.381 e. The molecule has 1 saturated heterocycles. The number of hydrogen-bond donors (Lipinski definition) is 0. The summed E-state index contributed by atoms with van der Waals surface area (Å²) in [6.07, 6.45) is 3.82. The highest BCUT2D eigenvalue weighted by molar-refractivity contribution is 6.07. The summed E-state index contributed by atoms with van der Waals surface area (Å²) in [5.41, 5.74) is 4.64. The number of methoxy groups -OCH3 is 2. The van der Waals surface area contributed by atoms with E-state index in [0.717, 1.165) is 60.0 Å². The smallest absolute Gasteiger partial charge is 0.254 e. The molecule has 2 heterocycles. The zero-order valence-corrected chi connectivity index (χ0v) is 17.5. The Morgan fingerprint density at radius 1 is 1.21 bits per heavy atom. The van der Waals surface area contributed by atoms with Gasteiger partial charge in [0, 0.05) is 31.8 Å². The van der Waals surface area contributed by atoms with Gasteiger partial charge in [-0.2, -0.15) is 0 Å². The summed E-state index contributed by atoms with van der Waals surface area (Å²) in [5, 5.41) is 0.938. The van der Waals surface area contributed by atoms with Crippen molar-refractivity contribution < 1.29 is 14.3 Å². The van der Waals surface area contributed by atoms with Crippen LogP contribution in [0.5, 0.6) is 0 Å². The first-order valence-corrected chi connectivity index (χ1v) is 10.2. The molecule has 2 fully saturated rings. The lowest BCUT2D eigenvalue weighted by atomic mass is 9.79. The van der Waals surface area contributed by atoms with Crippen LogP contribution in [0, 0.1) is 20.8 Å². The molecule has 1 saturated carbocycles. The minimum Gasteiger partial charge on any atom is -0.381 e. The van der Waals surface area contributed by atoms with Crippen molar-refractivity contribution in [3.05, 3.63) is 40.6 Å². The molecule has 150 valence electrons. The van der Waals surface area contributed by atoms with Gasteiger partial charge >= 0.3 is 0 Å². The van der Waals surface area contributed by atoms with Gasteiger partial charge in [0.1, 0.15) is 0 Å². The molecule has 1 aromatic carbocycles. The molecule has 5 nitrogen and oxygen atoms in total. The van der Waals surface area contributed by atoms with Gasteiger partial charge in [-0.1, -0.05) is 12.1 Å². The zero-order valence-electron chi connectivity index (χ0n) is 17.5. The fraction of sp³-hybridized carbons (Fsp3) is 0.565. The van der Waals surface area contributed by atoms with Gasteiger partial charge in [-0.05, 0) is 63.6 Å². The van der Waals surface area contributed by atoms with Crippen LogP contribution >= 0.6 is 0 Å². The number of fused-ring (bicyclic) bond motifs is 2. The van der Waals surface area contributed by atoms with E-state index in [0.29, 0.717) is 0 Å². The lowest BCUT2D eigenvalue weighted by Crippen LogP contribution is -2.53. The first kappa shape index (κ1) is 19.3. The maximum atomic E-state index is 13.7. The molecule has 1 aliphatic carbocycles. The van der Waals surface area contributed by atoms with E-state index >= 15 is 0 Å². The fourth-order valence-corrected chi connectivity index (χ4v) is 5.11. The summed E-state index contributed by atoms with van der Waals surface area (Å²) in [5.74, 6) is 0.0828. The normalized spacial score (nSPS) is 27.2. The van der Waals surface area contributed by atoms with E-state index in [4.69, 9.17) is 14.5 Å². The number of nitrogens with zero attached hydrogens (tertiary/aromatic N) is 2. The molecule has 1 aromatic heterocycles. The van der Waals surface area contributed by atoms with Crippen LogP contribution in [0.25, 0.3) is 10.9 Å². The Morgan fingerprint density at radius 2 is 2.00 bits per heavy atom. The molecular weight excluding hydrogens is 352 g/mol. The Labute approximate surface area is 167 Å². The minimum absolute atomic E-state index is 0.0544. The highest BCUT2D eigenvalue weighted by atomic mass is 16.5. The third kappa shape index (κ3) is 2.92. The van der Waals surface area contributed by atoms with E-state index in [1.807, 2.05) is 24.0 Å². The maximum Gasteiger partial charge on any atom is 0.254 e. The van der Waals surface area contributed by atoms with Crippen LogP contribution in [-0.4, -0.2) is 54.3 Å². The van der Waals surface area contributed by atoms with Crippen LogP contribution in [0.1, 0.15) is 52.9 Å². The van der Waals surface area contributed by atoms with Gasteiger partial charge < -0.3 is 14.4 Å². The molecule has 28 heavy (non-hydrogen) atoms. The SMILES string of the molecule is CO[C@@H]1CC[C@@]2(OC)CCN(C(=O)c3cc(C)nc4c(C)c(C)ccc34)[C@H]2C1. The summed E-state index contributed by atoms with van der Waals surface area (Å²) in [4.78, 5) is 20.5. The van der Waals surface area contributed by atoms with Crippen molar-refractivity contribution in [2.45, 2.75) is 64.2 Å². The number of aromatic nitrogens is 1. The number of aryl methyl sites for hydroxylation is 3. The van der Waals surface area contributed by atoms with E-state index in [2.05, 4.69) is 19.9 Å². The number of amides is 1. The molecule has 0 unspecified atom stereocenters. The Morgan fingerprint density at radius 3 is 2.71 bits per heavy atom. The van der Waals surface area contributed by atoms with Gasteiger partial charge in [-0.15, -0.1) is 0 Å². The van der Waals surface area contributed by atoms with Crippen molar-refractivity contribution in [1.29, 1.82) is 0 Å². The molecule has 0 N–H and O–H groups in total. The number of pyridine rings is 1. The van der Waals surface area contributed by atoms with Gasteiger partial charge in [0.15, 0.2) is 0 Å². The molecule has 0 bridgehead atoms. The first-order valence-electron chi connectivity index (χ1n) is 10.2. The molecule has 3 atom stereocenters. The van der Waals surface area contributed by atoms with Crippen LogP contribution in [-0.2, 0) is 9.47 Å². The van der Waals surface area contributed by atoms with Crippen molar-refractivity contribution in [2.24, 2.45) is 0 Å². The van der Waals surface area contributed by atoms with Crippen molar-refractivity contribution >= 4 is 16.8 Å². The van der Waals surface area contributed by atoms with Crippen molar-refractivity contribution in [3.8, 4) is 0 Å². The predicted octanol–water partition coefficient (Wildman–Crippen LogP) is 3.96. The lowest BCUT2D eigenvalue weighted by molar-refractivity contribution is -0.0893. The summed E-state index contributed by atoms with van der Waals surface area (Å²) in [6, 6.07) is 6.11. The van der Waals surface area contributed by atoms with Gasteiger partial charge in [0.25, 0.3) is 5.91 Å². The Balaban J connectivity index is 1.76. The molecule has 1 amide bonds. The van der Waals surface area contributed by atoms with Crippen LogP contribution < -0.4 is 0 Å². The first-order chi connectivity index (χ1) is 13.4. The molecule has 4 rings (SSSR count). The third-order valence-electron chi connectivity index (χ3n) is 7.00. The minimum atomic E-state index is -0.241. The lowest BCUT2D eigenvalue weighted by Gasteiger charge is -2.43. The number of rotatable bonds is 3. The van der Waals surface area contributed by atoms with Crippen molar-refractivity contribution in [2.75, 3.05) is 20.8 Å². The third-order valence-corrected chi connectivity index (χ3v) is 7.00. The number of carbonyl (C=O) groups excluding carboxylic acids is 1. The molecule has 0 radical (unpaired) electrons. The van der Waals surface area contributed by atoms with Gasteiger partial charge in [0.2, 0.25) is 0 Å². The van der Waals surface area contributed by atoms with E-state index in [1.54, 1.807) is 14.2 Å². The monoisotopic (exact) mass is 382 g/mol. The average Bonchev–Trinajstić information content (AvgIpc) is 3.09. The van der Waals surface area contributed by atoms with E-state index in [1.165, 1.54) is 5.56 Å². The topological polar surface area (TPSA) is 51.7 Å². The molecule has 2 aliphatic rings. The Kier molecular flexibility index (Phi) is 4.92. The molecule has 1 aliphatic heterocycles. The number of hydrogen-bond acceptors (Lipinski definition) is 4. The molecule has 2 aromatic rings. The summed E-state index contributed by atoms with van der Waals surface area (Å²) in [7, 11) is 3.54. The second-order valence-corrected chi connectivity index (χ2v) is 8.38. The van der Waals surface area contributed by atoms with Crippen LogP contribution in [0.15, 0.2) is 18.2 Å². The van der Waals surface area contributed by atoms with Crippen molar-refractivity contribution in [3.63, 3.8) is 0 Å². The van der Waals surface area contributed by atoms with Crippen LogP contribution in [0.4, 0.5) is 0 Å². The molecular formula is C23H30N2O3. The summed E-state index contributed by atoms with van der Waals surface area (Å²) >= 11 is 0. The second-order valence-electron chi connectivity index (χ2n) is 8.38. The Bertz CT molecular complexity index is 926. The maximum absolute atomic E-state index is 13.7. The standard InChI is InChI=1S/C23H30N2O3/c1-14-6-7-18-19(12-15(2)24-21(18)16(14)3)22(26)25-11-10-23(28-5)9-8-17(27-4)13-20(23)25/h6-7,12,17,20H,8-11,13H2,1-5H3/t17-,20+,23-/m1/s1. The van der Waals surface area contributed by atoms with Gasteiger partial charge in [-0.25, -0.2) is 0 Å². The van der Waals surface area contributed by atoms with E-state index < -0.39 is 0 Å². The highest BCUT2D eigenvalue weighted by Crippen LogP contribution is 2.44.